The van der Waals surface area contributed by atoms with E-state index < -0.39 is 0 Å². The lowest BCUT2D eigenvalue weighted by atomic mass is 9.94. The number of halogens is 1. The van der Waals surface area contributed by atoms with E-state index in [0.717, 1.165) is 33.3 Å². The second-order valence-corrected chi connectivity index (χ2v) is 6.14. The predicted octanol–water partition coefficient (Wildman–Crippen LogP) is 4.83. The third kappa shape index (κ3) is 2.65. The van der Waals surface area contributed by atoms with Crippen LogP contribution in [-0.4, -0.2) is 14.5 Å². The zero-order valence-corrected chi connectivity index (χ0v) is 14.2. The Morgan fingerprint density at radius 2 is 1.88 bits per heavy atom. The van der Waals surface area contributed by atoms with Crippen molar-refractivity contribution >= 4 is 22.5 Å². The van der Waals surface area contributed by atoms with Gasteiger partial charge in [0, 0.05) is 29.8 Å². The summed E-state index contributed by atoms with van der Waals surface area (Å²) in [6.07, 6.45) is 3.64. The highest BCUT2D eigenvalue weighted by Crippen LogP contribution is 2.40. The van der Waals surface area contributed by atoms with Crippen LogP contribution in [0.4, 0.5) is 0 Å². The summed E-state index contributed by atoms with van der Waals surface area (Å²) >= 11 is 6.55. The van der Waals surface area contributed by atoms with Crippen molar-refractivity contribution in [3.05, 3.63) is 71.8 Å². The van der Waals surface area contributed by atoms with Crippen molar-refractivity contribution in [1.82, 2.24) is 14.5 Å². The third-order valence-corrected chi connectivity index (χ3v) is 4.37. The van der Waals surface area contributed by atoms with Crippen LogP contribution in [0.3, 0.4) is 0 Å². The van der Waals surface area contributed by atoms with Crippen LogP contribution in [0.2, 0.25) is 5.15 Å². The molecule has 5 heteroatoms. The normalized spacial score (nSPS) is 10.8. The molecule has 120 valence electrons. The Balaban J connectivity index is 2.17. The maximum absolute atomic E-state index is 9.29. The molecule has 25 heavy (non-hydrogen) atoms. The van der Waals surface area contributed by atoms with Gasteiger partial charge in [-0.3, -0.25) is 0 Å². The molecule has 0 fully saturated rings. The number of aryl methyl sites for hydroxylation is 1. The monoisotopic (exact) mass is 344 g/mol. The number of imidazole rings is 1. The number of rotatable bonds is 2. The molecule has 4 rings (SSSR count). The minimum Gasteiger partial charge on any atom is -0.340 e. The fourth-order valence-electron chi connectivity index (χ4n) is 2.98. The summed E-state index contributed by atoms with van der Waals surface area (Å²) in [7, 11) is 1.91. The first-order valence-electron chi connectivity index (χ1n) is 7.74. The van der Waals surface area contributed by atoms with Gasteiger partial charge in [-0.05, 0) is 23.8 Å². The number of benzene rings is 2. The van der Waals surface area contributed by atoms with Gasteiger partial charge in [0.15, 0.2) is 0 Å². The molecule has 2 heterocycles. The first-order chi connectivity index (χ1) is 12.2. The summed E-state index contributed by atoms with van der Waals surface area (Å²) < 4.78 is 1.87. The van der Waals surface area contributed by atoms with Crippen molar-refractivity contribution < 1.29 is 0 Å². The van der Waals surface area contributed by atoms with Crippen LogP contribution in [0, 0.1) is 11.3 Å². The highest BCUT2D eigenvalue weighted by Gasteiger charge is 2.19. The van der Waals surface area contributed by atoms with Gasteiger partial charge in [-0.15, -0.1) is 0 Å². The van der Waals surface area contributed by atoms with Crippen LogP contribution >= 0.6 is 11.6 Å². The van der Waals surface area contributed by atoms with Gasteiger partial charge in [0.2, 0.25) is 0 Å². The minimum absolute atomic E-state index is 0.398. The fourth-order valence-corrected chi connectivity index (χ4v) is 3.27. The van der Waals surface area contributed by atoms with Gasteiger partial charge in [0.1, 0.15) is 5.15 Å². The van der Waals surface area contributed by atoms with Crippen LogP contribution in [0.5, 0.6) is 0 Å². The second kappa shape index (κ2) is 6.04. The second-order valence-electron chi connectivity index (χ2n) is 5.79. The molecular formula is C20H13ClN4. The van der Waals surface area contributed by atoms with Gasteiger partial charge >= 0.3 is 0 Å². The van der Waals surface area contributed by atoms with E-state index in [1.165, 1.54) is 0 Å². The molecular weight excluding hydrogens is 332 g/mol. The van der Waals surface area contributed by atoms with Crippen LogP contribution in [-0.2, 0) is 7.05 Å². The molecule has 2 aromatic carbocycles. The Morgan fingerprint density at radius 3 is 2.56 bits per heavy atom. The highest BCUT2D eigenvalue weighted by molar-refractivity contribution is 6.34. The summed E-state index contributed by atoms with van der Waals surface area (Å²) in [5, 5.41) is 10.6. The van der Waals surface area contributed by atoms with Gasteiger partial charge < -0.3 is 4.57 Å². The maximum Gasteiger partial charge on any atom is 0.139 e. The lowest BCUT2D eigenvalue weighted by molar-refractivity contribution is 0.913. The molecule has 0 N–H and O–H groups in total. The SMILES string of the molecule is Cn1cnc(-c2c(Cl)nc3ccc(C#N)cc3c2-c2ccccc2)c1. The first-order valence-corrected chi connectivity index (χ1v) is 8.12. The summed E-state index contributed by atoms with van der Waals surface area (Å²) in [6, 6.07) is 17.6. The molecule has 2 aromatic heterocycles. The summed E-state index contributed by atoms with van der Waals surface area (Å²) in [4.78, 5) is 8.99. The molecule has 0 saturated heterocycles. The molecule has 0 unspecified atom stereocenters. The molecule has 4 aromatic rings. The number of pyridine rings is 1. The molecule has 0 aliphatic heterocycles. The molecule has 0 aliphatic carbocycles. The maximum atomic E-state index is 9.29. The first kappa shape index (κ1) is 15.4. The van der Waals surface area contributed by atoms with Crippen molar-refractivity contribution in [1.29, 1.82) is 5.26 Å². The van der Waals surface area contributed by atoms with E-state index in [9.17, 15) is 5.26 Å². The number of aromatic nitrogens is 3. The lowest BCUT2D eigenvalue weighted by Crippen LogP contribution is -1.94. The van der Waals surface area contributed by atoms with Crippen LogP contribution < -0.4 is 0 Å². The smallest absolute Gasteiger partial charge is 0.139 e. The molecule has 0 bridgehead atoms. The van der Waals surface area contributed by atoms with E-state index in [1.54, 1.807) is 12.4 Å². The van der Waals surface area contributed by atoms with E-state index in [2.05, 4.69) is 16.0 Å². The average molecular weight is 345 g/mol. The zero-order valence-electron chi connectivity index (χ0n) is 13.4. The van der Waals surface area contributed by atoms with Crippen LogP contribution in [0.15, 0.2) is 61.1 Å². The summed E-state index contributed by atoms with van der Waals surface area (Å²) in [5.41, 5.74) is 4.81. The largest absolute Gasteiger partial charge is 0.340 e. The fraction of sp³-hybridized carbons (Fsp3) is 0.0500. The number of nitriles is 1. The average Bonchev–Trinajstić information content (AvgIpc) is 3.06. The Labute approximate surface area is 150 Å². The third-order valence-electron chi connectivity index (χ3n) is 4.09. The molecule has 0 atom stereocenters. The van der Waals surface area contributed by atoms with Crippen molar-refractivity contribution in [3.63, 3.8) is 0 Å². The molecule has 0 saturated carbocycles. The minimum atomic E-state index is 0.398. The standard InChI is InChI=1S/C20H13ClN4/c1-25-11-17(23-12-25)19-18(14-5-3-2-4-6-14)15-9-13(10-22)7-8-16(15)24-20(19)21/h2-9,11-12H,1H3. The van der Waals surface area contributed by atoms with Crippen molar-refractivity contribution in [2.45, 2.75) is 0 Å². The zero-order chi connectivity index (χ0) is 17.4. The van der Waals surface area contributed by atoms with Gasteiger partial charge in [-0.25, -0.2) is 9.97 Å². The van der Waals surface area contributed by atoms with Crippen LogP contribution in [0.25, 0.3) is 33.3 Å². The van der Waals surface area contributed by atoms with Crippen molar-refractivity contribution in [2.24, 2.45) is 7.05 Å². The van der Waals surface area contributed by atoms with Crippen molar-refractivity contribution in [3.8, 4) is 28.5 Å². The van der Waals surface area contributed by atoms with E-state index in [-0.39, 0.29) is 0 Å². The van der Waals surface area contributed by atoms with E-state index in [4.69, 9.17) is 11.6 Å². The number of hydrogen-bond donors (Lipinski definition) is 0. The molecule has 0 radical (unpaired) electrons. The highest BCUT2D eigenvalue weighted by atomic mass is 35.5. The predicted molar refractivity (Wildman–Crippen MR) is 99.1 cm³/mol. The molecule has 4 nitrogen and oxygen atoms in total. The van der Waals surface area contributed by atoms with Gasteiger partial charge in [0.25, 0.3) is 0 Å². The van der Waals surface area contributed by atoms with Crippen molar-refractivity contribution in [2.75, 3.05) is 0 Å². The Morgan fingerprint density at radius 1 is 1.08 bits per heavy atom. The van der Waals surface area contributed by atoms with Crippen LogP contribution in [0.1, 0.15) is 5.56 Å². The van der Waals surface area contributed by atoms with E-state index in [1.807, 2.05) is 60.3 Å². The molecule has 0 aliphatic rings. The summed E-state index contributed by atoms with van der Waals surface area (Å²) in [5.74, 6) is 0. The molecule has 0 spiro atoms. The number of nitrogens with zero attached hydrogens (tertiary/aromatic N) is 4. The Hall–Kier alpha value is -3.16. The van der Waals surface area contributed by atoms with Gasteiger partial charge in [0.05, 0.1) is 29.2 Å². The number of hydrogen-bond acceptors (Lipinski definition) is 3. The lowest BCUT2D eigenvalue weighted by Gasteiger charge is -2.14. The quantitative estimate of drug-likeness (QED) is 0.489. The van der Waals surface area contributed by atoms with E-state index in [0.29, 0.717) is 10.7 Å². The Kier molecular flexibility index (Phi) is 3.72. The topological polar surface area (TPSA) is 54.5 Å². The Bertz CT molecular complexity index is 1120. The molecule has 0 amide bonds. The number of fused-ring (bicyclic) bond motifs is 1. The van der Waals surface area contributed by atoms with Gasteiger partial charge in [-0.1, -0.05) is 41.9 Å². The van der Waals surface area contributed by atoms with Gasteiger partial charge in [-0.2, -0.15) is 5.26 Å². The summed E-state index contributed by atoms with van der Waals surface area (Å²) in [6.45, 7) is 0. The van der Waals surface area contributed by atoms with E-state index >= 15 is 0 Å².